The van der Waals surface area contributed by atoms with Crippen LogP contribution < -0.4 is 0 Å². The Morgan fingerprint density at radius 1 is 1.17 bits per heavy atom. The maximum absolute atomic E-state index is 12.9. The van der Waals surface area contributed by atoms with Crippen molar-refractivity contribution in [3.05, 3.63) is 82.5 Å². The fourth-order valence-electron chi connectivity index (χ4n) is 4.52. The zero-order valence-corrected chi connectivity index (χ0v) is 22.7. The number of carbonyl (C=O) groups excluding carboxylic acids is 1. The number of aromatic nitrogens is 1. The fourth-order valence-corrected chi connectivity index (χ4v) is 4.52. The molecule has 0 amide bonds. The topological polar surface area (TPSA) is 54.7 Å². The van der Waals surface area contributed by atoms with Gasteiger partial charge in [-0.05, 0) is 108 Å². The van der Waals surface area contributed by atoms with Gasteiger partial charge in [-0.1, -0.05) is 24.3 Å². The molecule has 188 valence electrons. The second-order valence-corrected chi connectivity index (χ2v) is 9.82. The highest BCUT2D eigenvalue weighted by Crippen LogP contribution is 2.31. The molecule has 1 aliphatic heterocycles. The quantitative estimate of drug-likeness (QED) is 0.135. The normalized spacial score (nSPS) is 21.6. The number of ketones is 1. The molecule has 0 aromatic carbocycles. The monoisotopic (exact) mass is 481 g/mol. The van der Waals surface area contributed by atoms with Crippen molar-refractivity contribution in [3.8, 4) is 0 Å². The van der Waals surface area contributed by atoms with Gasteiger partial charge in [0.1, 0.15) is 0 Å². The summed E-state index contributed by atoms with van der Waals surface area (Å²) in [6.07, 6.45) is 14.8. The number of rotatable bonds is 6. The Bertz CT molecular complexity index is 1250. The Morgan fingerprint density at radius 3 is 2.67 bits per heavy atom. The van der Waals surface area contributed by atoms with E-state index >= 15 is 0 Å². The smallest absolute Gasteiger partial charge is 0.166 e. The van der Waals surface area contributed by atoms with E-state index in [9.17, 15) is 4.79 Å². The van der Waals surface area contributed by atoms with Crippen molar-refractivity contribution in [2.75, 3.05) is 0 Å². The molecule has 0 radical (unpaired) electrons. The summed E-state index contributed by atoms with van der Waals surface area (Å²) in [4.78, 5) is 27.0. The molecule has 0 spiro atoms. The molecule has 1 fully saturated rings. The number of carbonyl (C=O) groups is 1. The Kier molecular flexibility index (Phi) is 9.50. The van der Waals surface area contributed by atoms with Gasteiger partial charge in [0.2, 0.25) is 0 Å². The summed E-state index contributed by atoms with van der Waals surface area (Å²) >= 11 is 0. The fraction of sp³-hybridized carbons (Fsp3) is 0.406. The van der Waals surface area contributed by atoms with E-state index in [4.69, 9.17) is 9.98 Å². The predicted octanol–water partition coefficient (Wildman–Crippen LogP) is 8.11. The Balaban J connectivity index is 1.90. The first-order valence-electron chi connectivity index (χ1n) is 13.0. The summed E-state index contributed by atoms with van der Waals surface area (Å²) in [6.45, 7) is 16.3. The lowest BCUT2D eigenvalue weighted by atomic mass is 9.95. The summed E-state index contributed by atoms with van der Waals surface area (Å²) in [5, 5.41) is 0. The summed E-state index contributed by atoms with van der Waals surface area (Å²) in [7, 11) is 0. The van der Waals surface area contributed by atoms with Gasteiger partial charge in [-0.25, -0.2) is 4.99 Å². The van der Waals surface area contributed by atoms with Crippen molar-refractivity contribution in [2.45, 2.75) is 73.6 Å². The average molecular weight is 482 g/mol. The summed E-state index contributed by atoms with van der Waals surface area (Å²) < 4.78 is 0. The third-order valence-electron chi connectivity index (χ3n) is 7.24. The van der Waals surface area contributed by atoms with Gasteiger partial charge in [-0.2, -0.15) is 0 Å². The number of nitrogens with zero attached hydrogens (tertiary/aromatic N) is 3. The van der Waals surface area contributed by atoms with Crippen LogP contribution >= 0.6 is 0 Å². The second-order valence-electron chi connectivity index (χ2n) is 9.82. The van der Waals surface area contributed by atoms with Gasteiger partial charge < -0.3 is 0 Å². The van der Waals surface area contributed by atoms with Gasteiger partial charge >= 0.3 is 0 Å². The van der Waals surface area contributed by atoms with E-state index in [1.54, 1.807) is 18.5 Å². The van der Waals surface area contributed by atoms with E-state index in [-0.39, 0.29) is 11.7 Å². The first-order chi connectivity index (χ1) is 17.2. The minimum Gasteiger partial charge on any atom is -0.294 e. The molecule has 2 heterocycles. The number of aliphatic imine (C=N–C) groups is 2. The minimum absolute atomic E-state index is 0.0214. The molecule has 2 aliphatic rings. The zero-order valence-electron chi connectivity index (χ0n) is 22.7. The van der Waals surface area contributed by atoms with E-state index in [0.717, 1.165) is 54.5 Å². The molecule has 0 saturated heterocycles. The van der Waals surface area contributed by atoms with Gasteiger partial charge in [0.05, 0.1) is 23.0 Å². The van der Waals surface area contributed by atoms with E-state index in [2.05, 4.69) is 43.3 Å². The Labute approximate surface area is 216 Å². The van der Waals surface area contributed by atoms with Crippen molar-refractivity contribution >= 4 is 29.0 Å². The van der Waals surface area contributed by atoms with E-state index in [0.29, 0.717) is 23.0 Å². The third kappa shape index (κ3) is 6.86. The van der Waals surface area contributed by atoms with Crippen molar-refractivity contribution < 1.29 is 4.79 Å². The predicted molar refractivity (Wildman–Crippen MR) is 153 cm³/mol. The highest BCUT2D eigenvalue weighted by molar-refractivity contribution is 6.39. The lowest BCUT2D eigenvalue weighted by Gasteiger charge is -2.17. The molecule has 4 heteroatoms. The van der Waals surface area contributed by atoms with Crippen LogP contribution in [0.5, 0.6) is 0 Å². The van der Waals surface area contributed by atoms with Crippen molar-refractivity contribution in [2.24, 2.45) is 21.8 Å². The summed E-state index contributed by atoms with van der Waals surface area (Å²) in [5.74, 6) is 0.114. The van der Waals surface area contributed by atoms with E-state index in [1.807, 2.05) is 39.8 Å². The SMILES string of the molecule is C=C1CCCC(C(=C/C)/N=C\C2=NC(c3cc(C(C)=C=C(C)/C(C)=C\C)ccn3)=CC(=O)C2C)CC1. The standard InChI is InChI=1S/C32H39N3O/c1-8-22(4)23(5)17-24(6)27-15-16-33-29(18-27)30-19-32(36)25(7)31(35-30)20-34-28(9-2)26-12-10-11-21(3)13-14-26/h8-9,15-16,18-20,25-26H,3,10-14H2,1-2,4-7H3/b22-8-,28-9-,34-20-. The second kappa shape index (κ2) is 12.6. The van der Waals surface area contributed by atoms with Gasteiger partial charge in [0.25, 0.3) is 0 Å². The lowest BCUT2D eigenvalue weighted by molar-refractivity contribution is -0.116. The molecule has 1 aromatic heterocycles. The molecule has 3 rings (SSSR count). The molecular weight excluding hydrogens is 442 g/mol. The minimum atomic E-state index is -0.330. The van der Waals surface area contributed by atoms with Gasteiger partial charge in [0, 0.05) is 30.1 Å². The molecule has 1 aliphatic carbocycles. The van der Waals surface area contributed by atoms with Gasteiger partial charge in [-0.3, -0.25) is 14.8 Å². The molecule has 1 aromatic rings. The largest absolute Gasteiger partial charge is 0.294 e. The molecular formula is C32H39N3O. The third-order valence-corrected chi connectivity index (χ3v) is 7.24. The van der Waals surface area contributed by atoms with Crippen LogP contribution in [0.25, 0.3) is 11.3 Å². The van der Waals surface area contributed by atoms with E-state index in [1.165, 1.54) is 11.1 Å². The van der Waals surface area contributed by atoms with Crippen LogP contribution in [0.4, 0.5) is 0 Å². The molecule has 2 atom stereocenters. The molecule has 36 heavy (non-hydrogen) atoms. The molecule has 2 unspecified atom stereocenters. The highest BCUT2D eigenvalue weighted by Gasteiger charge is 2.24. The molecule has 0 bridgehead atoms. The van der Waals surface area contributed by atoms with Crippen LogP contribution in [-0.4, -0.2) is 22.7 Å². The van der Waals surface area contributed by atoms with Crippen molar-refractivity contribution in [1.82, 2.24) is 4.98 Å². The van der Waals surface area contributed by atoms with Crippen molar-refractivity contribution in [3.63, 3.8) is 0 Å². The first kappa shape index (κ1) is 27.2. The van der Waals surface area contributed by atoms with Crippen LogP contribution in [0.2, 0.25) is 0 Å². The lowest BCUT2D eigenvalue weighted by Crippen LogP contribution is -2.24. The van der Waals surface area contributed by atoms with Gasteiger partial charge in [-0.15, -0.1) is 5.73 Å². The highest BCUT2D eigenvalue weighted by atomic mass is 16.1. The molecule has 0 N–H and O–H groups in total. The van der Waals surface area contributed by atoms with Crippen LogP contribution in [0.3, 0.4) is 0 Å². The Morgan fingerprint density at radius 2 is 1.94 bits per heavy atom. The van der Waals surface area contributed by atoms with Crippen molar-refractivity contribution in [1.29, 1.82) is 0 Å². The summed E-state index contributed by atoms with van der Waals surface area (Å²) in [5.41, 5.74) is 12.1. The maximum Gasteiger partial charge on any atom is 0.166 e. The first-order valence-corrected chi connectivity index (χ1v) is 13.0. The molecule has 4 nitrogen and oxygen atoms in total. The number of pyridine rings is 1. The van der Waals surface area contributed by atoms with Crippen LogP contribution in [-0.2, 0) is 4.79 Å². The number of allylic oxidation sites excluding steroid dienone is 7. The van der Waals surface area contributed by atoms with E-state index < -0.39 is 0 Å². The zero-order chi connectivity index (χ0) is 26.2. The number of hydrogen-bond donors (Lipinski definition) is 0. The molecule has 1 saturated carbocycles. The average Bonchev–Trinajstić information content (AvgIpc) is 3.10. The van der Waals surface area contributed by atoms with Crippen LogP contribution in [0.1, 0.15) is 84.9 Å². The maximum atomic E-state index is 12.9. The van der Waals surface area contributed by atoms with Gasteiger partial charge in [0.15, 0.2) is 5.78 Å². The summed E-state index contributed by atoms with van der Waals surface area (Å²) in [6, 6.07) is 3.94. The Hall–Kier alpha value is -3.36. The number of hydrogen-bond acceptors (Lipinski definition) is 4. The van der Waals surface area contributed by atoms with Crippen LogP contribution in [0.15, 0.2) is 81.3 Å². The van der Waals surface area contributed by atoms with Crippen LogP contribution in [0, 0.1) is 11.8 Å².